The van der Waals surface area contributed by atoms with Crippen LogP contribution < -0.4 is 0 Å². The number of hydrogen-bond acceptors (Lipinski definition) is 5. The van der Waals surface area contributed by atoms with Crippen molar-refractivity contribution in [2.75, 3.05) is 0 Å². The van der Waals surface area contributed by atoms with Gasteiger partial charge in [-0.05, 0) is 6.92 Å². The minimum Gasteiger partial charge on any atom is -0.476 e. The predicted molar refractivity (Wildman–Crippen MR) is 53.8 cm³/mol. The Morgan fingerprint density at radius 3 is 2.80 bits per heavy atom. The molecule has 0 spiro atoms. The Hall–Kier alpha value is -1.76. The number of carboxylic acids is 1. The Morgan fingerprint density at radius 1 is 1.60 bits per heavy atom. The van der Waals surface area contributed by atoms with E-state index in [0.717, 1.165) is 0 Å². The summed E-state index contributed by atoms with van der Waals surface area (Å²) in [6, 6.07) is 0. The highest BCUT2D eigenvalue weighted by atomic mass is 32.1. The number of aryl methyl sites for hydroxylation is 2. The first-order chi connectivity index (χ1) is 7.08. The maximum Gasteiger partial charge on any atom is 0.355 e. The molecule has 0 aromatic carbocycles. The van der Waals surface area contributed by atoms with E-state index in [1.165, 1.54) is 16.1 Å². The van der Waals surface area contributed by atoms with Crippen molar-refractivity contribution in [1.29, 1.82) is 0 Å². The number of thiazole rings is 1. The van der Waals surface area contributed by atoms with Crippen molar-refractivity contribution in [3.05, 3.63) is 16.8 Å². The molecule has 0 unspecified atom stereocenters. The fourth-order valence-corrected chi connectivity index (χ4v) is 2.00. The zero-order valence-corrected chi connectivity index (χ0v) is 8.95. The number of hydrogen-bond donors (Lipinski definition) is 1. The van der Waals surface area contributed by atoms with E-state index >= 15 is 0 Å². The summed E-state index contributed by atoms with van der Waals surface area (Å²) in [6.45, 7) is 1.72. The van der Waals surface area contributed by atoms with E-state index in [0.29, 0.717) is 15.6 Å². The topological polar surface area (TPSA) is 80.9 Å². The molecule has 2 aromatic heterocycles. The van der Waals surface area contributed by atoms with Gasteiger partial charge in [-0.3, -0.25) is 0 Å². The standard InChI is InChI=1S/C8H8N4O2S/c1-4-6(8(13)14)10-7(15-4)5-3-9-12(2)11-5/h3H,1-2H3,(H,13,14). The van der Waals surface area contributed by atoms with Crippen molar-refractivity contribution in [2.45, 2.75) is 6.92 Å². The largest absolute Gasteiger partial charge is 0.476 e. The number of aromatic nitrogens is 4. The normalized spacial score (nSPS) is 10.5. The van der Waals surface area contributed by atoms with E-state index in [1.807, 2.05) is 0 Å². The van der Waals surface area contributed by atoms with Crippen LogP contribution in [-0.4, -0.2) is 31.1 Å². The maximum absolute atomic E-state index is 10.8. The molecule has 2 rings (SSSR count). The van der Waals surface area contributed by atoms with Gasteiger partial charge in [-0.2, -0.15) is 15.0 Å². The molecule has 0 bridgehead atoms. The summed E-state index contributed by atoms with van der Waals surface area (Å²) < 4.78 is 0. The van der Waals surface area contributed by atoms with Crippen molar-refractivity contribution in [3.8, 4) is 10.7 Å². The van der Waals surface area contributed by atoms with Gasteiger partial charge in [0, 0.05) is 11.9 Å². The van der Waals surface area contributed by atoms with Crippen LogP contribution in [0.15, 0.2) is 6.20 Å². The van der Waals surface area contributed by atoms with E-state index in [4.69, 9.17) is 5.11 Å². The zero-order valence-electron chi connectivity index (χ0n) is 8.13. The predicted octanol–water partition coefficient (Wildman–Crippen LogP) is 0.945. The van der Waals surface area contributed by atoms with E-state index < -0.39 is 5.97 Å². The molecule has 2 aromatic rings. The van der Waals surface area contributed by atoms with Gasteiger partial charge in [0.1, 0.15) is 10.7 Å². The minimum atomic E-state index is -1.01. The third kappa shape index (κ3) is 1.73. The van der Waals surface area contributed by atoms with Gasteiger partial charge in [0.25, 0.3) is 0 Å². The van der Waals surface area contributed by atoms with Gasteiger partial charge in [0.05, 0.1) is 6.20 Å². The summed E-state index contributed by atoms with van der Waals surface area (Å²) in [5.74, 6) is -1.01. The number of nitrogens with zero attached hydrogens (tertiary/aromatic N) is 4. The molecule has 0 aliphatic carbocycles. The van der Waals surface area contributed by atoms with Gasteiger partial charge in [-0.25, -0.2) is 9.78 Å². The zero-order chi connectivity index (χ0) is 11.0. The monoisotopic (exact) mass is 224 g/mol. The molecule has 0 amide bonds. The third-order valence-corrected chi connectivity index (χ3v) is 2.81. The van der Waals surface area contributed by atoms with Crippen molar-refractivity contribution in [1.82, 2.24) is 20.0 Å². The third-order valence-electron chi connectivity index (χ3n) is 1.82. The lowest BCUT2D eigenvalue weighted by atomic mass is 10.4. The highest BCUT2D eigenvalue weighted by molar-refractivity contribution is 7.15. The van der Waals surface area contributed by atoms with E-state index in [1.54, 1.807) is 20.2 Å². The minimum absolute atomic E-state index is 0.0839. The quantitative estimate of drug-likeness (QED) is 0.821. The Kier molecular flexibility index (Phi) is 2.24. The molecular weight excluding hydrogens is 216 g/mol. The number of aromatic carboxylic acids is 1. The molecule has 0 fully saturated rings. The van der Waals surface area contributed by atoms with Gasteiger partial charge >= 0.3 is 5.97 Å². The molecule has 0 saturated carbocycles. The highest BCUT2D eigenvalue weighted by Gasteiger charge is 2.16. The average molecular weight is 224 g/mol. The molecule has 0 saturated heterocycles. The fraction of sp³-hybridized carbons (Fsp3) is 0.250. The summed E-state index contributed by atoms with van der Waals surface area (Å²) >= 11 is 1.30. The Morgan fingerprint density at radius 2 is 2.33 bits per heavy atom. The second-order valence-electron chi connectivity index (χ2n) is 2.95. The Balaban J connectivity index is 2.46. The van der Waals surface area contributed by atoms with Gasteiger partial charge in [-0.1, -0.05) is 0 Å². The molecule has 2 heterocycles. The second-order valence-corrected chi connectivity index (χ2v) is 4.15. The lowest BCUT2D eigenvalue weighted by Gasteiger charge is -1.86. The fourth-order valence-electron chi connectivity index (χ4n) is 1.15. The molecule has 15 heavy (non-hydrogen) atoms. The molecular formula is C8H8N4O2S. The first-order valence-electron chi connectivity index (χ1n) is 4.15. The average Bonchev–Trinajstić information content (AvgIpc) is 2.71. The molecule has 0 atom stereocenters. The summed E-state index contributed by atoms with van der Waals surface area (Å²) in [4.78, 5) is 16.8. The van der Waals surface area contributed by atoms with Crippen LogP contribution in [0.2, 0.25) is 0 Å². The van der Waals surface area contributed by atoms with Crippen LogP contribution in [0.4, 0.5) is 0 Å². The molecule has 7 heteroatoms. The second kappa shape index (κ2) is 3.43. The molecule has 0 radical (unpaired) electrons. The Bertz CT molecular complexity index is 516. The first kappa shape index (κ1) is 9.78. The lowest BCUT2D eigenvalue weighted by Crippen LogP contribution is -1.98. The maximum atomic E-state index is 10.8. The van der Waals surface area contributed by atoms with E-state index in [9.17, 15) is 4.79 Å². The number of rotatable bonds is 2. The highest BCUT2D eigenvalue weighted by Crippen LogP contribution is 2.25. The van der Waals surface area contributed by atoms with Crippen LogP contribution in [0.5, 0.6) is 0 Å². The first-order valence-corrected chi connectivity index (χ1v) is 4.97. The van der Waals surface area contributed by atoms with Crippen LogP contribution >= 0.6 is 11.3 Å². The molecule has 78 valence electrons. The number of carbonyl (C=O) groups is 1. The van der Waals surface area contributed by atoms with Gasteiger partial charge < -0.3 is 5.11 Å². The van der Waals surface area contributed by atoms with Crippen LogP contribution in [0.25, 0.3) is 10.7 Å². The van der Waals surface area contributed by atoms with Crippen molar-refractivity contribution in [2.24, 2.45) is 7.05 Å². The number of carboxylic acid groups (broad SMARTS) is 1. The van der Waals surface area contributed by atoms with Crippen molar-refractivity contribution in [3.63, 3.8) is 0 Å². The van der Waals surface area contributed by atoms with Crippen LogP contribution in [0.3, 0.4) is 0 Å². The molecule has 0 aliphatic heterocycles. The molecule has 0 aliphatic rings. The Labute approximate surface area is 89.2 Å². The molecule has 1 N–H and O–H groups in total. The van der Waals surface area contributed by atoms with Crippen LogP contribution in [0, 0.1) is 6.92 Å². The van der Waals surface area contributed by atoms with Gasteiger partial charge in [0.2, 0.25) is 0 Å². The van der Waals surface area contributed by atoms with Crippen LogP contribution in [-0.2, 0) is 7.05 Å². The van der Waals surface area contributed by atoms with E-state index in [-0.39, 0.29) is 5.69 Å². The van der Waals surface area contributed by atoms with Crippen molar-refractivity contribution >= 4 is 17.3 Å². The van der Waals surface area contributed by atoms with E-state index in [2.05, 4.69) is 15.2 Å². The molecule has 6 nitrogen and oxygen atoms in total. The van der Waals surface area contributed by atoms with Gasteiger partial charge in [-0.15, -0.1) is 11.3 Å². The summed E-state index contributed by atoms with van der Waals surface area (Å²) in [5, 5.41) is 17.4. The smallest absolute Gasteiger partial charge is 0.355 e. The lowest BCUT2D eigenvalue weighted by molar-refractivity contribution is 0.0690. The van der Waals surface area contributed by atoms with Gasteiger partial charge in [0.15, 0.2) is 5.69 Å². The SMILES string of the molecule is Cc1sc(-c2cnn(C)n2)nc1C(=O)O. The van der Waals surface area contributed by atoms with Crippen LogP contribution in [0.1, 0.15) is 15.4 Å². The summed E-state index contributed by atoms with van der Waals surface area (Å²) in [6.07, 6.45) is 1.56. The summed E-state index contributed by atoms with van der Waals surface area (Å²) in [5.41, 5.74) is 0.679. The summed E-state index contributed by atoms with van der Waals surface area (Å²) in [7, 11) is 1.70. The van der Waals surface area contributed by atoms with Crippen molar-refractivity contribution < 1.29 is 9.90 Å².